The number of aromatic nitrogens is 1. The molecule has 3 aromatic rings. The Morgan fingerprint density at radius 2 is 1.96 bits per heavy atom. The zero-order valence-electron chi connectivity index (χ0n) is 14.6. The molecule has 140 valence electrons. The molecule has 0 unspecified atom stereocenters. The molecule has 0 bridgehead atoms. The first-order chi connectivity index (χ1) is 12.9. The Balaban J connectivity index is 1.50. The second-order valence-electron chi connectivity index (χ2n) is 5.74. The smallest absolute Gasteiger partial charge is 0.344 e. The quantitative estimate of drug-likeness (QED) is 0.515. The summed E-state index contributed by atoms with van der Waals surface area (Å²) < 4.78 is 20.1. The maximum absolute atomic E-state index is 11.7. The van der Waals surface area contributed by atoms with Gasteiger partial charge >= 0.3 is 11.6 Å². The predicted molar refractivity (Wildman–Crippen MR) is 93.5 cm³/mol. The molecule has 9 heteroatoms. The van der Waals surface area contributed by atoms with Crippen LogP contribution >= 0.6 is 0 Å². The Kier molecular flexibility index (Phi) is 5.20. The van der Waals surface area contributed by atoms with E-state index in [1.54, 1.807) is 26.0 Å². The number of hydrogen-bond acceptors (Lipinski definition) is 8. The lowest BCUT2D eigenvalue weighted by Crippen LogP contribution is -2.23. The van der Waals surface area contributed by atoms with E-state index < -0.39 is 30.7 Å². The Bertz CT molecular complexity index is 1050. The summed E-state index contributed by atoms with van der Waals surface area (Å²) in [5.74, 6) is -0.806. The van der Waals surface area contributed by atoms with Gasteiger partial charge in [-0.05, 0) is 31.5 Å². The van der Waals surface area contributed by atoms with Gasteiger partial charge in [0.15, 0.2) is 13.2 Å². The molecule has 0 atom stereocenters. The average Bonchev–Trinajstić information content (AvgIpc) is 3.02. The van der Waals surface area contributed by atoms with Crippen LogP contribution in [-0.4, -0.2) is 30.2 Å². The highest BCUT2D eigenvalue weighted by Gasteiger charge is 2.11. The molecule has 0 aliphatic rings. The van der Waals surface area contributed by atoms with Crippen molar-refractivity contribution in [2.24, 2.45) is 0 Å². The number of anilines is 1. The molecular formula is C18H16N2O7. The van der Waals surface area contributed by atoms with Crippen molar-refractivity contribution < 1.29 is 28.0 Å². The van der Waals surface area contributed by atoms with Gasteiger partial charge in [-0.15, -0.1) is 0 Å². The summed E-state index contributed by atoms with van der Waals surface area (Å²) in [6.45, 7) is 2.60. The average molecular weight is 372 g/mol. The first kappa shape index (κ1) is 18.2. The number of fused-ring (bicyclic) bond motifs is 1. The third-order valence-electron chi connectivity index (χ3n) is 3.53. The van der Waals surface area contributed by atoms with Crippen molar-refractivity contribution in [3.05, 3.63) is 52.0 Å². The van der Waals surface area contributed by atoms with Gasteiger partial charge in [0.25, 0.3) is 5.91 Å². The second kappa shape index (κ2) is 7.73. The number of carbonyl (C=O) groups excluding carboxylic acids is 2. The molecule has 2 aromatic heterocycles. The van der Waals surface area contributed by atoms with Crippen molar-refractivity contribution in [3.8, 4) is 5.75 Å². The lowest BCUT2D eigenvalue weighted by molar-refractivity contribution is -0.149. The molecule has 0 radical (unpaired) electrons. The van der Waals surface area contributed by atoms with Crippen molar-refractivity contribution in [1.29, 1.82) is 0 Å². The summed E-state index contributed by atoms with van der Waals surface area (Å²) in [7, 11) is 0. The molecule has 0 aliphatic carbocycles. The lowest BCUT2D eigenvalue weighted by Gasteiger charge is -2.08. The number of hydrogen-bond donors (Lipinski definition) is 1. The van der Waals surface area contributed by atoms with Crippen molar-refractivity contribution in [1.82, 2.24) is 5.16 Å². The standard InChI is InChI=1S/C18H16N2O7/c1-10-5-17(22)26-14-7-12(3-4-13(10)14)24-9-18(23)25-8-15(21)19-16-6-11(2)20-27-16/h3-7H,8-9H2,1-2H3,(H,19,21). The maximum Gasteiger partial charge on any atom is 0.344 e. The van der Waals surface area contributed by atoms with Gasteiger partial charge in [-0.3, -0.25) is 10.1 Å². The summed E-state index contributed by atoms with van der Waals surface area (Å²) in [6, 6.07) is 7.80. The molecule has 0 saturated carbocycles. The fourth-order valence-corrected chi connectivity index (χ4v) is 2.32. The van der Waals surface area contributed by atoms with Crippen LogP contribution in [0.3, 0.4) is 0 Å². The van der Waals surface area contributed by atoms with Crippen LogP contribution in [0, 0.1) is 13.8 Å². The van der Waals surface area contributed by atoms with Crippen LogP contribution in [0.4, 0.5) is 5.88 Å². The molecule has 1 N–H and O–H groups in total. The van der Waals surface area contributed by atoms with Crippen LogP contribution in [0.15, 0.2) is 44.1 Å². The van der Waals surface area contributed by atoms with E-state index in [-0.39, 0.29) is 5.88 Å². The summed E-state index contributed by atoms with van der Waals surface area (Å²) in [4.78, 5) is 34.8. The fraction of sp³-hybridized carbons (Fsp3) is 0.222. The van der Waals surface area contributed by atoms with Crippen molar-refractivity contribution in [2.45, 2.75) is 13.8 Å². The van der Waals surface area contributed by atoms with E-state index in [0.29, 0.717) is 17.0 Å². The van der Waals surface area contributed by atoms with Gasteiger partial charge in [0.2, 0.25) is 5.88 Å². The molecule has 9 nitrogen and oxygen atoms in total. The summed E-state index contributed by atoms with van der Waals surface area (Å²) in [5, 5.41) is 6.78. The largest absolute Gasteiger partial charge is 0.482 e. The number of ether oxygens (including phenoxy) is 2. The number of benzene rings is 1. The van der Waals surface area contributed by atoms with Crippen molar-refractivity contribution >= 4 is 28.7 Å². The highest BCUT2D eigenvalue weighted by Crippen LogP contribution is 2.22. The topological polar surface area (TPSA) is 121 Å². The van der Waals surface area contributed by atoms with Crippen LogP contribution in [0.25, 0.3) is 11.0 Å². The first-order valence-electron chi connectivity index (χ1n) is 7.97. The van der Waals surface area contributed by atoms with E-state index in [1.807, 2.05) is 0 Å². The van der Waals surface area contributed by atoms with Gasteiger partial charge in [0.1, 0.15) is 11.3 Å². The van der Waals surface area contributed by atoms with Crippen LogP contribution in [0.2, 0.25) is 0 Å². The highest BCUT2D eigenvalue weighted by molar-refractivity contribution is 5.91. The Labute approximate surface area is 152 Å². The number of nitrogens with zero attached hydrogens (tertiary/aromatic N) is 1. The summed E-state index contributed by atoms with van der Waals surface area (Å²) >= 11 is 0. The molecular weight excluding hydrogens is 356 g/mol. The summed E-state index contributed by atoms with van der Waals surface area (Å²) in [5.41, 5.74) is 1.27. The predicted octanol–water partition coefficient (Wildman–Crippen LogP) is 1.96. The van der Waals surface area contributed by atoms with Gasteiger partial charge in [0.05, 0.1) is 5.69 Å². The molecule has 0 saturated heterocycles. The fourth-order valence-electron chi connectivity index (χ4n) is 2.32. The molecule has 0 fully saturated rings. The monoisotopic (exact) mass is 372 g/mol. The van der Waals surface area contributed by atoms with Crippen LogP contribution in [0.5, 0.6) is 5.75 Å². The van der Waals surface area contributed by atoms with Gasteiger partial charge in [0, 0.05) is 23.6 Å². The third-order valence-corrected chi connectivity index (χ3v) is 3.53. The maximum atomic E-state index is 11.7. The second-order valence-corrected chi connectivity index (χ2v) is 5.74. The Morgan fingerprint density at radius 1 is 1.15 bits per heavy atom. The van der Waals surface area contributed by atoms with Crippen LogP contribution in [0.1, 0.15) is 11.3 Å². The lowest BCUT2D eigenvalue weighted by atomic mass is 10.1. The van der Waals surface area contributed by atoms with Crippen LogP contribution in [-0.2, 0) is 14.3 Å². The number of amides is 1. The third kappa shape index (κ3) is 4.72. The van der Waals surface area contributed by atoms with E-state index >= 15 is 0 Å². The van der Waals surface area contributed by atoms with Gasteiger partial charge in [-0.1, -0.05) is 5.16 Å². The number of nitrogens with one attached hydrogen (secondary N) is 1. The Morgan fingerprint density at radius 3 is 2.70 bits per heavy atom. The minimum Gasteiger partial charge on any atom is -0.482 e. The van der Waals surface area contributed by atoms with Crippen molar-refractivity contribution in [3.63, 3.8) is 0 Å². The van der Waals surface area contributed by atoms with E-state index in [2.05, 4.69) is 10.5 Å². The number of carbonyl (C=O) groups is 2. The van der Waals surface area contributed by atoms with E-state index in [4.69, 9.17) is 18.4 Å². The normalized spacial score (nSPS) is 10.6. The highest BCUT2D eigenvalue weighted by atomic mass is 16.6. The minimum absolute atomic E-state index is 0.165. The molecule has 1 amide bonds. The van der Waals surface area contributed by atoms with Crippen molar-refractivity contribution in [2.75, 3.05) is 18.5 Å². The minimum atomic E-state index is -0.732. The van der Waals surface area contributed by atoms with Gasteiger partial charge < -0.3 is 18.4 Å². The first-order valence-corrected chi connectivity index (χ1v) is 7.97. The SMILES string of the molecule is Cc1cc(NC(=O)COC(=O)COc2ccc3c(C)cc(=O)oc3c2)on1. The molecule has 0 spiro atoms. The number of rotatable bonds is 6. The zero-order chi connectivity index (χ0) is 19.4. The molecule has 27 heavy (non-hydrogen) atoms. The van der Waals surface area contributed by atoms with Crippen LogP contribution < -0.4 is 15.7 Å². The molecule has 2 heterocycles. The number of aryl methyl sites for hydroxylation is 2. The van der Waals surface area contributed by atoms with Gasteiger partial charge in [-0.25, -0.2) is 9.59 Å². The van der Waals surface area contributed by atoms with Gasteiger partial charge in [-0.2, -0.15) is 0 Å². The number of esters is 1. The van der Waals surface area contributed by atoms with E-state index in [9.17, 15) is 14.4 Å². The van der Waals surface area contributed by atoms with E-state index in [0.717, 1.165) is 10.9 Å². The molecule has 0 aliphatic heterocycles. The zero-order valence-corrected chi connectivity index (χ0v) is 14.6. The summed E-state index contributed by atoms with van der Waals surface area (Å²) in [6.07, 6.45) is 0. The molecule has 1 aromatic carbocycles. The van der Waals surface area contributed by atoms with E-state index in [1.165, 1.54) is 18.2 Å². The Hall–Kier alpha value is -3.62. The molecule has 3 rings (SSSR count).